The van der Waals surface area contributed by atoms with Crippen LogP contribution in [0.4, 0.5) is 5.69 Å². The van der Waals surface area contributed by atoms with Crippen molar-refractivity contribution in [3.05, 3.63) is 29.3 Å². The van der Waals surface area contributed by atoms with Crippen LogP contribution in [-0.2, 0) is 6.54 Å². The summed E-state index contributed by atoms with van der Waals surface area (Å²) in [5, 5.41) is 0. The summed E-state index contributed by atoms with van der Waals surface area (Å²) >= 11 is 0. The molecular formula is C16H26N2. The summed E-state index contributed by atoms with van der Waals surface area (Å²) in [5.74, 6) is 1.59. The third kappa shape index (κ3) is 2.69. The third-order valence-corrected chi connectivity index (χ3v) is 4.58. The lowest BCUT2D eigenvalue weighted by Crippen LogP contribution is -2.45. The number of benzene rings is 1. The number of rotatable bonds is 2. The van der Waals surface area contributed by atoms with E-state index in [1.54, 1.807) is 0 Å². The summed E-state index contributed by atoms with van der Waals surface area (Å²) in [4.78, 5) is 2.61. The fraction of sp³-hybridized carbons (Fsp3) is 0.625. The van der Waals surface area contributed by atoms with E-state index in [1.807, 2.05) is 6.07 Å². The standard InChI is InChI=1S/C16H26N2/c1-11-8-12(2)14(4)18(9-11)10-15-6-5-7-16(17)13(15)3/h5-7,11-12,14H,8-10,17H2,1-4H3. The second-order valence-corrected chi connectivity index (χ2v) is 6.12. The molecule has 1 aromatic rings. The maximum Gasteiger partial charge on any atom is 0.0346 e. The Hall–Kier alpha value is -1.02. The van der Waals surface area contributed by atoms with Gasteiger partial charge in [0.2, 0.25) is 0 Å². The highest BCUT2D eigenvalue weighted by Gasteiger charge is 2.28. The smallest absolute Gasteiger partial charge is 0.0346 e. The van der Waals surface area contributed by atoms with E-state index in [-0.39, 0.29) is 0 Å². The number of hydrogen-bond donors (Lipinski definition) is 1. The van der Waals surface area contributed by atoms with Crippen LogP contribution in [0.25, 0.3) is 0 Å². The van der Waals surface area contributed by atoms with E-state index in [4.69, 9.17) is 5.73 Å². The van der Waals surface area contributed by atoms with Gasteiger partial charge >= 0.3 is 0 Å². The Bertz CT molecular complexity index is 414. The molecule has 0 bridgehead atoms. The number of piperidine rings is 1. The minimum absolute atomic E-state index is 0.669. The fourth-order valence-corrected chi connectivity index (χ4v) is 3.13. The highest BCUT2D eigenvalue weighted by molar-refractivity contribution is 5.49. The van der Waals surface area contributed by atoms with Crippen LogP contribution in [-0.4, -0.2) is 17.5 Å². The number of likely N-dealkylation sites (tertiary alicyclic amines) is 1. The fourth-order valence-electron chi connectivity index (χ4n) is 3.13. The molecule has 0 radical (unpaired) electrons. The summed E-state index contributed by atoms with van der Waals surface area (Å²) in [6.07, 6.45) is 1.35. The predicted molar refractivity (Wildman–Crippen MR) is 78.4 cm³/mol. The van der Waals surface area contributed by atoms with Gasteiger partial charge in [-0.1, -0.05) is 26.0 Å². The van der Waals surface area contributed by atoms with Crippen LogP contribution >= 0.6 is 0 Å². The molecule has 0 aromatic heterocycles. The van der Waals surface area contributed by atoms with Gasteiger partial charge < -0.3 is 5.73 Å². The van der Waals surface area contributed by atoms with Crippen molar-refractivity contribution in [2.24, 2.45) is 11.8 Å². The van der Waals surface area contributed by atoms with Crippen molar-refractivity contribution in [1.82, 2.24) is 4.90 Å². The molecular weight excluding hydrogens is 220 g/mol. The number of anilines is 1. The molecule has 18 heavy (non-hydrogen) atoms. The largest absolute Gasteiger partial charge is 0.399 e. The molecule has 2 rings (SSSR count). The summed E-state index contributed by atoms with van der Waals surface area (Å²) in [6, 6.07) is 6.94. The lowest BCUT2D eigenvalue weighted by Gasteiger charge is -2.41. The molecule has 2 N–H and O–H groups in total. The van der Waals surface area contributed by atoms with Gasteiger partial charge in [0, 0.05) is 24.8 Å². The highest BCUT2D eigenvalue weighted by Crippen LogP contribution is 2.29. The van der Waals surface area contributed by atoms with Crippen molar-refractivity contribution in [2.75, 3.05) is 12.3 Å². The average molecular weight is 246 g/mol. The molecule has 1 aromatic carbocycles. The molecule has 100 valence electrons. The van der Waals surface area contributed by atoms with Crippen molar-refractivity contribution in [3.63, 3.8) is 0 Å². The number of hydrogen-bond acceptors (Lipinski definition) is 2. The maximum absolute atomic E-state index is 6.00. The Morgan fingerprint density at radius 3 is 2.72 bits per heavy atom. The summed E-state index contributed by atoms with van der Waals surface area (Å²) in [7, 11) is 0. The zero-order valence-electron chi connectivity index (χ0n) is 12.1. The summed E-state index contributed by atoms with van der Waals surface area (Å²) < 4.78 is 0. The van der Waals surface area contributed by atoms with Gasteiger partial charge in [-0.15, -0.1) is 0 Å². The molecule has 0 aliphatic carbocycles. The van der Waals surface area contributed by atoms with Gasteiger partial charge in [0.05, 0.1) is 0 Å². The van der Waals surface area contributed by atoms with Gasteiger partial charge in [0.1, 0.15) is 0 Å². The van der Waals surface area contributed by atoms with E-state index >= 15 is 0 Å². The molecule has 0 spiro atoms. The molecule has 1 heterocycles. The molecule has 1 fully saturated rings. The molecule has 2 nitrogen and oxygen atoms in total. The van der Waals surface area contributed by atoms with Crippen LogP contribution in [0.2, 0.25) is 0 Å². The molecule has 1 saturated heterocycles. The Kier molecular flexibility index (Phi) is 3.96. The molecule has 2 heteroatoms. The van der Waals surface area contributed by atoms with E-state index in [2.05, 4.69) is 44.7 Å². The van der Waals surface area contributed by atoms with Crippen LogP contribution in [0.3, 0.4) is 0 Å². The van der Waals surface area contributed by atoms with Crippen molar-refractivity contribution in [3.8, 4) is 0 Å². The molecule has 1 aliphatic rings. The average Bonchev–Trinajstić information content (AvgIpc) is 2.31. The number of nitrogens with two attached hydrogens (primary N) is 1. The maximum atomic E-state index is 6.00. The minimum atomic E-state index is 0.669. The molecule has 0 amide bonds. The van der Waals surface area contributed by atoms with Gasteiger partial charge in [-0.05, 0) is 49.3 Å². The molecule has 1 aliphatic heterocycles. The van der Waals surface area contributed by atoms with Crippen LogP contribution in [0.5, 0.6) is 0 Å². The van der Waals surface area contributed by atoms with Crippen LogP contribution < -0.4 is 5.73 Å². The van der Waals surface area contributed by atoms with E-state index in [1.165, 1.54) is 24.1 Å². The SMILES string of the molecule is Cc1c(N)cccc1CN1CC(C)CC(C)C1C. The van der Waals surface area contributed by atoms with E-state index < -0.39 is 0 Å². The second kappa shape index (κ2) is 5.31. The van der Waals surface area contributed by atoms with Crippen LogP contribution in [0, 0.1) is 18.8 Å². The molecule has 3 atom stereocenters. The Morgan fingerprint density at radius 2 is 2.00 bits per heavy atom. The first-order valence-corrected chi connectivity index (χ1v) is 7.07. The normalized spacial score (nSPS) is 29.4. The van der Waals surface area contributed by atoms with Gasteiger partial charge in [0.15, 0.2) is 0 Å². The Morgan fingerprint density at radius 1 is 1.28 bits per heavy atom. The first-order chi connectivity index (χ1) is 8.49. The van der Waals surface area contributed by atoms with E-state index in [0.717, 1.165) is 24.1 Å². The Labute approximate surface area is 111 Å². The monoisotopic (exact) mass is 246 g/mol. The summed E-state index contributed by atoms with van der Waals surface area (Å²) in [6.45, 7) is 11.5. The highest BCUT2D eigenvalue weighted by atomic mass is 15.2. The van der Waals surface area contributed by atoms with Crippen molar-refractivity contribution in [1.29, 1.82) is 0 Å². The quantitative estimate of drug-likeness (QED) is 0.810. The minimum Gasteiger partial charge on any atom is -0.399 e. The number of nitrogen functional groups attached to an aromatic ring is 1. The molecule has 3 unspecified atom stereocenters. The van der Waals surface area contributed by atoms with Crippen LogP contribution in [0.1, 0.15) is 38.3 Å². The van der Waals surface area contributed by atoms with Crippen LogP contribution in [0.15, 0.2) is 18.2 Å². The second-order valence-electron chi connectivity index (χ2n) is 6.12. The Balaban J connectivity index is 2.15. The van der Waals surface area contributed by atoms with Crippen molar-refractivity contribution >= 4 is 5.69 Å². The van der Waals surface area contributed by atoms with E-state index in [0.29, 0.717) is 6.04 Å². The van der Waals surface area contributed by atoms with Crippen molar-refractivity contribution in [2.45, 2.75) is 46.7 Å². The van der Waals surface area contributed by atoms with Gasteiger partial charge in [-0.2, -0.15) is 0 Å². The van der Waals surface area contributed by atoms with Gasteiger partial charge in [-0.25, -0.2) is 0 Å². The van der Waals surface area contributed by atoms with Crippen molar-refractivity contribution < 1.29 is 0 Å². The third-order valence-electron chi connectivity index (χ3n) is 4.58. The first-order valence-electron chi connectivity index (χ1n) is 7.07. The van der Waals surface area contributed by atoms with Gasteiger partial charge in [0.25, 0.3) is 0 Å². The van der Waals surface area contributed by atoms with E-state index in [9.17, 15) is 0 Å². The summed E-state index contributed by atoms with van der Waals surface area (Å²) in [5.41, 5.74) is 9.54. The lowest BCUT2D eigenvalue weighted by molar-refractivity contribution is 0.0728. The van der Waals surface area contributed by atoms with Gasteiger partial charge in [-0.3, -0.25) is 4.90 Å². The number of nitrogens with zero attached hydrogens (tertiary/aromatic N) is 1. The zero-order chi connectivity index (χ0) is 13.3. The first kappa shape index (κ1) is 13.4. The predicted octanol–water partition coefficient (Wildman–Crippen LogP) is 3.44. The zero-order valence-corrected chi connectivity index (χ0v) is 12.1. The lowest BCUT2D eigenvalue weighted by atomic mass is 9.85. The topological polar surface area (TPSA) is 29.3 Å². The molecule has 0 saturated carbocycles.